The van der Waals surface area contributed by atoms with Gasteiger partial charge in [0.1, 0.15) is 5.56 Å². The lowest BCUT2D eigenvalue weighted by molar-refractivity contribution is 0.0527. The van der Waals surface area contributed by atoms with Gasteiger partial charge in [0.05, 0.1) is 17.8 Å². The fourth-order valence-electron chi connectivity index (χ4n) is 2.68. The lowest BCUT2D eigenvalue weighted by Crippen LogP contribution is -2.09. The number of aryl methyl sites for hydroxylation is 1. The fourth-order valence-corrected chi connectivity index (χ4v) is 2.86. The molecule has 2 aromatic carbocycles. The molecule has 4 nitrogen and oxygen atoms in total. The van der Waals surface area contributed by atoms with E-state index in [0.29, 0.717) is 22.9 Å². The van der Waals surface area contributed by atoms with Gasteiger partial charge in [0, 0.05) is 22.3 Å². The minimum absolute atomic E-state index is 0.306. The molecule has 0 fully saturated rings. The summed E-state index contributed by atoms with van der Waals surface area (Å²) in [5.41, 5.74) is 4.72. The topological polar surface area (TPSA) is 51.2 Å². The summed E-state index contributed by atoms with van der Waals surface area (Å²) >= 11 is 6.23. The Morgan fingerprint density at radius 3 is 2.80 bits per heavy atom. The number of carbonyl (C=O) groups excluding carboxylic acids is 1. The van der Waals surface area contributed by atoms with Crippen molar-refractivity contribution in [2.24, 2.45) is 0 Å². The number of ether oxygens (including phenoxy) is 1. The molecule has 3 rings (SSSR count). The molecular weight excluding hydrogens is 336 g/mol. The van der Waals surface area contributed by atoms with Crippen LogP contribution < -0.4 is 5.32 Å². The third kappa shape index (κ3) is 3.44. The maximum atomic E-state index is 12.4. The number of anilines is 2. The van der Waals surface area contributed by atoms with Gasteiger partial charge in [-0.25, -0.2) is 4.79 Å². The second-order valence-electron chi connectivity index (χ2n) is 5.83. The summed E-state index contributed by atoms with van der Waals surface area (Å²) in [6, 6.07) is 11.6. The van der Waals surface area contributed by atoms with Crippen LogP contribution in [0, 0.1) is 13.8 Å². The number of nitrogens with one attached hydrogen (secondary N) is 1. The first-order chi connectivity index (χ1) is 12.0. The Morgan fingerprint density at radius 2 is 2.04 bits per heavy atom. The number of aromatic nitrogens is 1. The van der Waals surface area contributed by atoms with E-state index in [1.165, 1.54) is 0 Å². The number of halogens is 1. The molecule has 0 bridgehead atoms. The quantitative estimate of drug-likeness (QED) is 0.635. The zero-order chi connectivity index (χ0) is 18.0. The molecule has 25 heavy (non-hydrogen) atoms. The summed E-state index contributed by atoms with van der Waals surface area (Å²) in [4.78, 5) is 16.8. The number of fused-ring (bicyclic) bond motifs is 1. The molecule has 0 aliphatic heterocycles. The van der Waals surface area contributed by atoms with Crippen molar-refractivity contribution < 1.29 is 9.53 Å². The highest BCUT2D eigenvalue weighted by Gasteiger charge is 2.18. The lowest BCUT2D eigenvalue weighted by atomic mass is 10.1. The highest BCUT2D eigenvalue weighted by molar-refractivity contribution is 6.31. The number of nitrogens with zero attached hydrogens (tertiary/aromatic N) is 1. The van der Waals surface area contributed by atoms with Gasteiger partial charge in [-0.05, 0) is 50.6 Å². The van der Waals surface area contributed by atoms with Crippen molar-refractivity contribution in [3.63, 3.8) is 0 Å². The zero-order valence-corrected chi connectivity index (χ0v) is 15.1. The van der Waals surface area contributed by atoms with Gasteiger partial charge in [-0.15, -0.1) is 0 Å². The largest absolute Gasteiger partial charge is 0.462 e. The Morgan fingerprint density at radius 1 is 1.24 bits per heavy atom. The van der Waals surface area contributed by atoms with E-state index in [-0.39, 0.29) is 0 Å². The number of benzene rings is 2. The van der Waals surface area contributed by atoms with Gasteiger partial charge in [0.15, 0.2) is 0 Å². The van der Waals surface area contributed by atoms with Gasteiger partial charge in [0.2, 0.25) is 0 Å². The Kier molecular flexibility index (Phi) is 4.91. The van der Waals surface area contributed by atoms with Crippen molar-refractivity contribution in [1.82, 2.24) is 4.98 Å². The molecule has 0 aliphatic carbocycles. The van der Waals surface area contributed by atoms with Crippen LogP contribution in [-0.4, -0.2) is 17.6 Å². The van der Waals surface area contributed by atoms with Crippen LogP contribution in [0.15, 0.2) is 42.6 Å². The summed E-state index contributed by atoms with van der Waals surface area (Å²) in [5, 5.41) is 4.90. The van der Waals surface area contributed by atoms with Gasteiger partial charge in [-0.2, -0.15) is 0 Å². The second kappa shape index (κ2) is 7.11. The summed E-state index contributed by atoms with van der Waals surface area (Å²) in [5.74, 6) is -0.402. The highest BCUT2D eigenvalue weighted by Crippen LogP contribution is 2.33. The van der Waals surface area contributed by atoms with E-state index in [2.05, 4.69) is 10.3 Å². The SMILES string of the molecule is CCOC(=O)c1cnc2ccc(C)cc2c1Nc1cccc(Cl)c1C. The molecule has 0 saturated heterocycles. The maximum Gasteiger partial charge on any atom is 0.341 e. The van der Waals surface area contributed by atoms with Gasteiger partial charge in [-0.1, -0.05) is 29.3 Å². The smallest absolute Gasteiger partial charge is 0.341 e. The van der Waals surface area contributed by atoms with Gasteiger partial charge in [-0.3, -0.25) is 4.98 Å². The molecule has 128 valence electrons. The van der Waals surface area contributed by atoms with Crippen molar-refractivity contribution in [3.05, 3.63) is 64.3 Å². The zero-order valence-electron chi connectivity index (χ0n) is 14.4. The monoisotopic (exact) mass is 354 g/mol. The molecule has 0 amide bonds. The fraction of sp³-hybridized carbons (Fsp3) is 0.200. The van der Waals surface area contributed by atoms with Crippen LogP contribution in [0.2, 0.25) is 5.02 Å². The Labute approximate surface area is 151 Å². The van der Waals surface area contributed by atoms with Crippen molar-refractivity contribution in [1.29, 1.82) is 0 Å². The summed E-state index contributed by atoms with van der Waals surface area (Å²) in [6.07, 6.45) is 1.55. The van der Waals surface area contributed by atoms with Crippen molar-refractivity contribution >= 4 is 39.8 Å². The van der Waals surface area contributed by atoms with E-state index in [9.17, 15) is 4.79 Å². The normalized spacial score (nSPS) is 10.7. The van der Waals surface area contributed by atoms with E-state index < -0.39 is 5.97 Å². The molecular formula is C20H19ClN2O2. The number of hydrogen-bond acceptors (Lipinski definition) is 4. The third-order valence-electron chi connectivity index (χ3n) is 4.05. The minimum Gasteiger partial charge on any atom is -0.462 e. The molecule has 0 radical (unpaired) electrons. The van der Waals surface area contributed by atoms with Crippen LogP contribution in [0.1, 0.15) is 28.4 Å². The Balaban J connectivity index is 2.21. The van der Waals surface area contributed by atoms with Crippen LogP contribution in [0.3, 0.4) is 0 Å². The second-order valence-corrected chi connectivity index (χ2v) is 6.23. The first kappa shape index (κ1) is 17.2. The Hall–Kier alpha value is -2.59. The summed E-state index contributed by atoms with van der Waals surface area (Å²) in [7, 11) is 0. The van der Waals surface area contributed by atoms with E-state index >= 15 is 0 Å². The van der Waals surface area contributed by atoms with E-state index in [1.54, 1.807) is 13.1 Å². The van der Waals surface area contributed by atoms with Crippen molar-refractivity contribution in [2.75, 3.05) is 11.9 Å². The molecule has 1 heterocycles. The minimum atomic E-state index is -0.402. The molecule has 0 unspecified atom stereocenters. The van der Waals surface area contributed by atoms with Crippen LogP contribution in [0.5, 0.6) is 0 Å². The standard InChI is InChI=1S/C20H19ClN2O2/c1-4-25-20(24)15-11-22-18-9-8-12(2)10-14(18)19(15)23-17-7-5-6-16(21)13(17)3/h5-11H,4H2,1-3H3,(H,22,23). The molecule has 5 heteroatoms. The number of pyridine rings is 1. The van der Waals surface area contributed by atoms with Crippen molar-refractivity contribution in [3.8, 4) is 0 Å². The van der Waals surface area contributed by atoms with Gasteiger partial charge in [0.25, 0.3) is 0 Å². The average molecular weight is 355 g/mol. The van der Waals surface area contributed by atoms with Crippen molar-refractivity contribution in [2.45, 2.75) is 20.8 Å². The molecule has 1 aromatic heterocycles. The van der Waals surface area contributed by atoms with Crippen LogP contribution in [-0.2, 0) is 4.74 Å². The summed E-state index contributed by atoms with van der Waals surface area (Å²) in [6.45, 7) is 6.03. The molecule has 0 saturated carbocycles. The van der Waals surface area contributed by atoms with Gasteiger partial charge < -0.3 is 10.1 Å². The lowest BCUT2D eigenvalue weighted by Gasteiger charge is -2.16. The first-order valence-electron chi connectivity index (χ1n) is 8.10. The predicted molar refractivity (Wildman–Crippen MR) is 102 cm³/mol. The van der Waals surface area contributed by atoms with Gasteiger partial charge >= 0.3 is 5.97 Å². The average Bonchev–Trinajstić information content (AvgIpc) is 2.59. The first-order valence-corrected chi connectivity index (χ1v) is 8.47. The maximum absolute atomic E-state index is 12.4. The predicted octanol–water partition coefficient (Wildman–Crippen LogP) is 5.43. The van der Waals surface area contributed by atoms with E-state index in [1.807, 2.05) is 50.2 Å². The third-order valence-corrected chi connectivity index (χ3v) is 4.46. The molecule has 0 aliphatic rings. The van der Waals surface area contributed by atoms with Crippen LogP contribution in [0.4, 0.5) is 11.4 Å². The number of rotatable bonds is 4. The molecule has 0 atom stereocenters. The number of carbonyl (C=O) groups is 1. The number of hydrogen-bond donors (Lipinski definition) is 1. The van der Waals surface area contributed by atoms with Crippen LogP contribution in [0.25, 0.3) is 10.9 Å². The summed E-state index contributed by atoms with van der Waals surface area (Å²) < 4.78 is 5.19. The number of esters is 1. The van der Waals surface area contributed by atoms with E-state index in [4.69, 9.17) is 16.3 Å². The Bertz CT molecular complexity index is 954. The molecule has 1 N–H and O–H groups in total. The molecule has 3 aromatic rings. The molecule has 0 spiro atoms. The van der Waals surface area contributed by atoms with Crippen LogP contribution >= 0.6 is 11.6 Å². The highest BCUT2D eigenvalue weighted by atomic mass is 35.5. The van der Waals surface area contributed by atoms with E-state index in [0.717, 1.165) is 27.7 Å².